The summed E-state index contributed by atoms with van der Waals surface area (Å²) in [4.78, 5) is 33.6. The Kier molecular flexibility index (Phi) is 11.1. The van der Waals surface area contributed by atoms with Crippen LogP contribution in [0.5, 0.6) is 0 Å². The molecular weight excluding hydrogens is 715 g/mol. The summed E-state index contributed by atoms with van der Waals surface area (Å²) in [5.74, 6) is 1.27. The van der Waals surface area contributed by atoms with Crippen LogP contribution in [0.1, 0.15) is 19.3 Å². The van der Waals surface area contributed by atoms with Crippen molar-refractivity contribution in [2.24, 2.45) is 13.0 Å². The summed E-state index contributed by atoms with van der Waals surface area (Å²) in [5.41, 5.74) is 3.34. The first kappa shape index (κ1) is 33.2. The molecule has 0 aliphatic carbocycles. The van der Waals surface area contributed by atoms with Crippen molar-refractivity contribution in [3.05, 3.63) is 42.5 Å². The van der Waals surface area contributed by atoms with Crippen molar-refractivity contribution in [3.63, 3.8) is 0 Å². The van der Waals surface area contributed by atoms with Gasteiger partial charge in [-0.2, -0.15) is 5.10 Å². The second-order valence-electron chi connectivity index (χ2n) is 12.3. The van der Waals surface area contributed by atoms with Gasteiger partial charge in [0.15, 0.2) is 5.82 Å². The van der Waals surface area contributed by atoms with Crippen molar-refractivity contribution in [3.8, 4) is 0 Å². The molecule has 3 aliphatic heterocycles. The average molecular weight is 762 g/mol. The third-order valence-corrected chi connectivity index (χ3v) is 13.4. The van der Waals surface area contributed by atoms with Crippen LogP contribution in [-0.4, -0.2) is 117 Å². The molecule has 46 heavy (non-hydrogen) atoms. The van der Waals surface area contributed by atoms with Crippen LogP contribution in [0, 0.1) is 5.92 Å². The Hall–Kier alpha value is -2.75. The molecule has 13 heteroatoms. The van der Waals surface area contributed by atoms with E-state index in [1.165, 1.54) is 38.0 Å². The van der Waals surface area contributed by atoms with E-state index >= 15 is 0 Å². The van der Waals surface area contributed by atoms with E-state index in [1.54, 1.807) is 7.05 Å². The second kappa shape index (κ2) is 15.4. The second-order valence-corrected chi connectivity index (χ2v) is 17.0. The van der Waals surface area contributed by atoms with Crippen molar-refractivity contribution < 1.29 is 35.0 Å². The van der Waals surface area contributed by atoms with Crippen LogP contribution in [-0.2, 0) is 22.8 Å². The molecule has 2 amide bonds. The number of hydrogen-bond acceptors (Lipinski definition) is 7. The number of amides is 2. The van der Waals surface area contributed by atoms with Gasteiger partial charge in [0.1, 0.15) is 6.29 Å². The largest absolute Gasteiger partial charge is 0.0470 e. The molecule has 1 unspecified atom stereocenters. The molecule has 3 saturated heterocycles. The number of nitrogens with one attached hydrogen (secondary N) is 1. The van der Waals surface area contributed by atoms with Gasteiger partial charge in [-0.15, -0.1) is 0 Å². The summed E-state index contributed by atoms with van der Waals surface area (Å²) in [5, 5.41) is 8.21. The molecule has 2 aromatic carbocycles. The normalized spacial score (nSPS) is 19.5. The summed E-state index contributed by atoms with van der Waals surface area (Å²) in [6, 6.07) is 14.5. The molecule has 1 N–H and O–H groups in total. The quantitative estimate of drug-likeness (QED) is 0.174. The molecule has 250 valence electrons. The van der Waals surface area contributed by atoms with Crippen molar-refractivity contribution in [2.75, 3.05) is 96.1 Å². The summed E-state index contributed by atoms with van der Waals surface area (Å²) in [7, 11) is 2.44. The van der Waals surface area contributed by atoms with Gasteiger partial charge in [-0.1, -0.05) is 0 Å². The zero-order valence-electron chi connectivity index (χ0n) is 26.9. The number of aryl methyl sites for hydroxylation is 1. The minimum atomic E-state index is -1.04. The van der Waals surface area contributed by atoms with E-state index in [4.69, 9.17) is 0 Å². The van der Waals surface area contributed by atoms with Gasteiger partial charge >= 0.3 is 147 Å². The van der Waals surface area contributed by atoms with Crippen molar-refractivity contribution in [1.82, 2.24) is 24.3 Å². The Labute approximate surface area is 285 Å². The maximum atomic E-state index is 13.2. The molecule has 11 nitrogen and oxygen atoms in total. The number of anilines is 3. The SMILES string of the molecule is CNC(=O)N(CCC=O)c1nn(C)c2cc(N3CCN(CC4CCN(c5cccc(S(=O)N6CC[I-]CC6)c5)CC4)CC3)ccc12. The van der Waals surface area contributed by atoms with Crippen LogP contribution < -0.4 is 41.2 Å². The van der Waals surface area contributed by atoms with E-state index in [0.29, 0.717) is 32.9 Å². The van der Waals surface area contributed by atoms with Crippen LogP contribution >= 0.6 is 0 Å². The van der Waals surface area contributed by atoms with E-state index in [0.717, 1.165) is 81.0 Å². The fourth-order valence-corrected chi connectivity index (χ4v) is 11.1. The molecule has 0 bridgehead atoms. The Morgan fingerprint density at radius 2 is 1.72 bits per heavy atom. The molecule has 0 radical (unpaired) electrons. The number of piperidine rings is 1. The van der Waals surface area contributed by atoms with Gasteiger partial charge in [0.2, 0.25) is 0 Å². The van der Waals surface area contributed by atoms with Gasteiger partial charge in [0.05, 0.1) is 5.52 Å². The van der Waals surface area contributed by atoms with E-state index in [2.05, 4.69) is 59.8 Å². The maximum Gasteiger partial charge on any atom is 0.0448 e. The third kappa shape index (κ3) is 7.52. The number of carbonyl (C=O) groups is 2. The molecule has 1 aromatic heterocycles. The first-order chi connectivity index (χ1) is 22.4. The van der Waals surface area contributed by atoms with Gasteiger partial charge in [0, 0.05) is 64.3 Å². The third-order valence-electron chi connectivity index (χ3n) is 9.42. The van der Waals surface area contributed by atoms with Gasteiger partial charge in [-0.25, -0.2) is 4.79 Å². The molecule has 3 fully saturated rings. The molecule has 3 aromatic rings. The van der Waals surface area contributed by atoms with Gasteiger partial charge in [-0.05, 0) is 18.2 Å². The van der Waals surface area contributed by atoms with Crippen LogP contribution in [0.25, 0.3) is 10.9 Å². The number of carbonyl (C=O) groups excluding carboxylic acids is 2. The number of rotatable bonds is 10. The molecule has 4 heterocycles. The summed E-state index contributed by atoms with van der Waals surface area (Å²) in [6.45, 7) is 9.51. The van der Waals surface area contributed by atoms with Crippen molar-refractivity contribution in [1.29, 1.82) is 0 Å². The smallest absolute Gasteiger partial charge is 0.0448 e. The minimum Gasteiger partial charge on any atom is -0.0470 e. The number of nitrogens with zero attached hydrogens (tertiary/aromatic N) is 7. The number of piperazine rings is 1. The van der Waals surface area contributed by atoms with Gasteiger partial charge in [0.25, 0.3) is 0 Å². The van der Waals surface area contributed by atoms with E-state index < -0.39 is 11.0 Å². The predicted octanol–water partition coefficient (Wildman–Crippen LogP) is -0.226. The number of alkyl halides is 2. The predicted molar refractivity (Wildman–Crippen MR) is 181 cm³/mol. The monoisotopic (exact) mass is 761 g/mol. The van der Waals surface area contributed by atoms with E-state index in [9.17, 15) is 13.8 Å². The molecule has 1 atom stereocenters. The van der Waals surface area contributed by atoms with Crippen LogP contribution in [0.2, 0.25) is 0 Å². The first-order valence-corrected chi connectivity index (χ1v) is 20.5. The Balaban J connectivity index is 1.01. The summed E-state index contributed by atoms with van der Waals surface area (Å²) in [6.07, 6.45) is 3.44. The zero-order valence-corrected chi connectivity index (χ0v) is 29.9. The Morgan fingerprint density at radius 1 is 1.00 bits per heavy atom. The summed E-state index contributed by atoms with van der Waals surface area (Å²) < 4.78 is 19.7. The number of halogens is 1. The molecule has 0 spiro atoms. The van der Waals surface area contributed by atoms with Crippen molar-refractivity contribution in [2.45, 2.75) is 24.2 Å². The number of benzene rings is 2. The summed E-state index contributed by atoms with van der Waals surface area (Å²) >= 11 is 0.325. The molecule has 6 rings (SSSR count). The maximum absolute atomic E-state index is 13.2. The molecule has 0 saturated carbocycles. The number of aldehydes is 1. The van der Waals surface area contributed by atoms with Crippen LogP contribution in [0.15, 0.2) is 47.4 Å². The standard InChI is InChI=1S/C33H46IN8O3S/c1-35-33(44)42(13-4-22-43)32-30-8-7-28(24-31(30)37(2)36-32)40-20-18-38(19-21-40)25-26-9-14-39(15-10-26)27-5-3-6-29(23-27)46(45)41-16-11-34-12-17-41/h3,5-8,22-24,26H,4,9-21,25H2,1-2H3,(H,35,44)/q-1. The van der Waals surface area contributed by atoms with Crippen LogP contribution in [0.4, 0.5) is 22.0 Å². The number of fused-ring (bicyclic) bond motifs is 1. The number of aromatic nitrogens is 2. The molecular formula is C33H46IN8O3S-. The number of hydrogen-bond donors (Lipinski definition) is 1. The minimum absolute atomic E-state index is 0.254. The zero-order chi connectivity index (χ0) is 32.0. The fraction of sp³-hybridized carbons (Fsp3) is 0.545. The van der Waals surface area contributed by atoms with Crippen LogP contribution in [0.3, 0.4) is 0 Å². The van der Waals surface area contributed by atoms with Gasteiger partial charge in [-0.3, -0.25) is 14.5 Å². The van der Waals surface area contributed by atoms with E-state index in [1.807, 2.05) is 23.9 Å². The number of urea groups is 1. The van der Waals surface area contributed by atoms with Crippen molar-refractivity contribution >= 4 is 51.4 Å². The molecule has 3 aliphatic rings. The topological polar surface area (TPSA) is 97.3 Å². The Morgan fingerprint density at radius 3 is 2.43 bits per heavy atom. The first-order valence-electron chi connectivity index (χ1n) is 16.4. The Bertz CT molecular complexity index is 1530. The van der Waals surface area contributed by atoms with E-state index in [-0.39, 0.29) is 19.0 Å². The average Bonchev–Trinajstić information content (AvgIpc) is 3.44. The fourth-order valence-electron chi connectivity index (χ4n) is 6.79. The van der Waals surface area contributed by atoms with Gasteiger partial charge < -0.3 is 15.0 Å².